The van der Waals surface area contributed by atoms with Crippen LogP contribution < -0.4 is 0 Å². The van der Waals surface area contributed by atoms with E-state index in [-0.39, 0.29) is 0 Å². The van der Waals surface area contributed by atoms with Crippen LogP contribution in [0.1, 0.15) is 27.8 Å². The summed E-state index contributed by atoms with van der Waals surface area (Å²) in [6.45, 7) is 4.29. The van der Waals surface area contributed by atoms with Crippen molar-refractivity contribution >= 4 is 11.8 Å². The van der Waals surface area contributed by atoms with Crippen molar-refractivity contribution < 1.29 is 0 Å². The van der Waals surface area contributed by atoms with Crippen molar-refractivity contribution in [2.45, 2.75) is 25.4 Å². The van der Waals surface area contributed by atoms with E-state index in [1.54, 1.807) is 0 Å². The first-order valence-corrected chi connectivity index (χ1v) is 7.47. The van der Waals surface area contributed by atoms with Gasteiger partial charge in [0.1, 0.15) is 0 Å². The first kappa shape index (κ1) is 13.7. The molecule has 0 fully saturated rings. The number of aryl methyl sites for hydroxylation is 2. The second kappa shape index (κ2) is 6.45. The minimum absolute atomic E-state index is 0.740. The Morgan fingerprint density at radius 3 is 2.63 bits per heavy atom. The Hall–Kier alpha value is -1.72. The lowest BCUT2D eigenvalue weighted by molar-refractivity contribution is 1.27. The molecule has 0 saturated heterocycles. The van der Waals surface area contributed by atoms with E-state index >= 15 is 0 Å². The van der Waals surface area contributed by atoms with Crippen LogP contribution in [0.2, 0.25) is 0 Å². The summed E-state index contributed by atoms with van der Waals surface area (Å²) in [6.07, 6.45) is 0. The van der Waals surface area contributed by atoms with Crippen molar-refractivity contribution in [3.63, 3.8) is 0 Å². The highest BCUT2D eigenvalue weighted by Gasteiger charge is 2.00. The maximum absolute atomic E-state index is 8.87. The summed E-state index contributed by atoms with van der Waals surface area (Å²) in [5.41, 5.74) is 6.02. The molecule has 0 N–H and O–H groups in total. The Morgan fingerprint density at radius 1 is 1.05 bits per heavy atom. The average Bonchev–Trinajstić information content (AvgIpc) is 2.41. The van der Waals surface area contributed by atoms with E-state index in [4.69, 9.17) is 5.26 Å². The van der Waals surface area contributed by atoms with Crippen molar-refractivity contribution in [1.29, 1.82) is 5.26 Å². The number of benzene rings is 2. The Labute approximate surface area is 119 Å². The van der Waals surface area contributed by atoms with Crippen molar-refractivity contribution in [3.8, 4) is 6.07 Å². The van der Waals surface area contributed by atoms with Gasteiger partial charge in [-0.15, -0.1) is 0 Å². The third-order valence-electron chi connectivity index (χ3n) is 3.08. The van der Waals surface area contributed by atoms with Crippen molar-refractivity contribution in [1.82, 2.24) is 0 Å². The lowest BCUT2D eigenvalue weighted by Crippen LogP contribution is -1.89. The molecule has 0 aliphatic rings. The molecule has 2 heteroatoms. The highest BCUT2D eigenvalue weighted by atomic mass is 32.2. The molecule has 96 valence electrons. The minimum atomic E-state index is 0.740. The van der Waals surface area contributed by atoms with Gasteiger partial charge < -0.3 is 0 Å². The molecule has 0 bridgehead atoms. The topological polar surface area (TPSA) is 23.8 Å². The van der Waals surface area contributed by atoms with E-state index in [0.717, 1.165) is 17.1 Å². The van der Waals surface area contributed by atoms with Gasteiger partial charge in [0.15, 0.2) is 0 Å². The molecule has 0 heterocycles. The van der Waals surface area contributed by atoms with Crippen LogP contribution in [0.5, 0.6) is 0 Å². The van der Waals surface area contributed by atoms with Gasteiger partial charge in [0.25, 0.3) is 0 Å². The maximum Gasteiger partial charge on any atom is 0.0991 e. The third-order valence-corrected chi connectivity index (χ3v) is 4.13. The summed E-state index contributed by atoms with van der Waals surface area (Å²) >= 11 is 1.89. The van der Waals surface area contributed by atoms with Gasteiger partial charge in [-0.1, -0.05) is 35.9 Å². The molecule has 0 radical (unpaired) electrons. The molecule has 2 rings (SSSR count). The fraction of sp³-hybridized carbons (Fsp3) is 0.235. The molecule has 0 atom stereocenters. The van der Waals surface area contributed by atoms with E-state index in [1.807, 2.05) is 30.0 Å². The van der Waals surface area contributed by atoms with Gasteiger partial charge in [0.2, 0.25) is 0 Å². The smallest absolute Gasteiger partial charge is 0.0991 e. The molecule has 19 heavy (non-hydrogen) atoms. The summed E-state index contributed by atoms with van der Waals surface area (Å²) in [5.74, 6) is 1.96. The van der Waals surface area contributed by atoms with E-state index < -0.39 is 0 Å². The molecule has 1 nitrogen and oxygen atoms in total. The monoisotopic (exact) mass is 267 g/mol. The molecule has 0 saturated carbocycles. The fourth-order valence-corrected chi connectivity index (χ4v) is 3.08. The molecule has 0 unspecified atom stereocenters. The van der Waals surface area contributed by atoms with E-state index in [2.05, 4.69) is 44.2 Å². The molecule has 2 aromatic rings. The zero-order valence-electron chi connectivity index (χ0n) is 11.3. The molecule has 2 aromatic carbocycles. The Morgan fingerprint density at radius 2 is 1.89 bits per heavy atom. The van der Waals surface area contributed by atoms with Crippen LogP contribution in [0.4, 0.5) is 0 Å². The normalized spacial score (nSPS) is 10.2. The maximum atomic E-state index is 8.87. The van der Waals surface area contributed by atoms with Gasteiger partial charge in [0, 0.05) is 11.5 Å². The molecule has 0 aliphatic heterocycles. The Kier molecular flexibility index (Phi) is 4.65. The van der Waals surface area contributed by atoms with E-state index in [9.17, 15) is 0 Å². The van der Waals surface area contributed by atoms with Crippen molar-refractivity contribution in [3.05, 3.63) is 70.3 Å². The second-order valence-corrected chi connectivity index (χ2v) is 5.72. The molecule has 0 aliphatic carbocycles. The molecule has 0 amide bonds. The zero-order valence-corrected chi connectivity index (χ0v) is 12.1. The quantitative estimate of drug-likeness (QED) is 0.807. The van der Waals surface area contributed by atoms with Gasteiger partial charge in [-0.05, 0) is 42.7 Å². The SMILES string of the molecule is Cc1ccc(CSCc2cccc(C#N)c2)c(C)c1. The standard InChI is InChI=1S/C17H17NS/c1-13-6-7-17(14(2)8-13)12-19-11-16-5-3-4-15(9-16)10-18/h3-9H,11-12H2,1-2H3. The van der Waals surface area contributed by atoms with Crippen LogP contribution in [0.15, 0.2) is 42.5 Å². The molecular formula is C17H17NS. The molecule has 0 spiro atoms. The lowest BCUT2D eigenvalue weighted by atomic mass is 10.1. The molecular weight excluding hydrogens is 250 g/mol. The average molecular weight is 267 g/mol. The van der Waals surface area contributed by atoms with Gasteiger partial charge in [-0.2, -0.15) is 17.0 Å². The van der Waals surface area contributed by atoms with Crippen LogP contribution in [-0.2, 0) is 11.5 Å². The Balaban J connectivity index is 1.94. The minimum Gasteiger partial charge on any atom is -0.192 e. The highest BCUT2D eigenvalue weighted by molar-refractivity contribution is 7.97. The first-order valence-electron chi connectivity index (χ1n) is 6.32. The number of hydrogen-bond donors (Lipinski definition) is 0. The third kappa shape index (κ3) is 3.87. The lowest BCUT2D eigenvalue weighted by Gasteiger charge is -2.07. The highest BCUT2D eigenvalue weighted by Crippen LogP contribution is 2.21. The van der Waals surface area contributed by atoms with Gasteiger partial charge >= 0.3 is 0 Å². The Bertz CT molecular complexity index is 611. The van der Waals surface area contributed by atoms with Crippen LogP contribution in [0.25, 0.3) is 0 Å². The van der Waals surface area contributed by atoms with Gasteiger partial charge in [0.05, 0.1) is 11.6 Å². The number of nitrogens with zero attached hydrogens (tertiary/aromatic N) is 1. The van der Waals surface area contributed by atoms with E-state index in [0.29, 0.717) is 0 Å². The largest absolute Gasteiger partial charge is 0.192 e. The summed E-state index contributed by atoms with van der Waals surface area (Å²) in [6, 6.07) is 16.6. The van der Waals surface area contributed by atoms with Gasteiger partial charge in [-0.3, -0.25) is 0 Å². The fourth-order valence-electron chi connectivity index (χ4n) is 2.02. The zero-order chi connectivity index (χ0) is 13.7. The molecule has 0 aromatic heterocycles. The van der Waals surface area contributed by atoms with Crippen LogP contribution in [0, 0.1) is 25.2 Å². The predicted molar refractivity (Wildman–Crippen MR) is 82.1 cm³/mol. The van der Waals surface area contributed by atoms with Crippen LogP contribution in [0.3, 0.4) is 0 Å². The summed E-state index contributed by atoms with van der Waals surface area (Å²) in [5, 5.41) is 8.87. The van der Waals surface area contributed by atoms with Crippen LogP contribution >= 0.6 is 11.8 Å². The van der Waals surface area contributed by atoms with E-state index in [1.165, 1.54) is 22.3 Å². The van der Waals surface area contributed by atoms with Gasteiger partial charge in [-0.25, -0.2) is 0 Å². The summed E-state index contributed by atoms with van der Waals surface area (Å²) < 4.78 is 0. The van der Waals surface area contributed by atoms with Crippen molar-refractivity contribution in [2.24, 2.45) is 0 Å². The van der Waals surface area contributed by atoms with Crippen LogP contribution in [-0.4, -0.2) is 0 Å². The number of hydrogen-bond acceptors (Lipinski definition) is 2. The number of nitriles is 1. The predicted octanol–water partition coefficient (Wildman–Crippen LogP) is 4.61. The summed E-state index contributed by atoms with van der Waals surface area (Å²) in [4.78, 5) is 0. The van der Waals surface area contributed by atoms with Crippen molar-refractivity contribution in [2.75, 3.05) is 0 Å². The first-order chi connectivity index (χ1) is 9.19. The number of thioether (sulfide) groups is 1. The second-order valence-electron chi connectivity index (χ2n) is 4.73. The summed E-state index contributed by atoms with van der Waals surface area (Å²) in [7, 11) is 0. The number of rotatable bonds is 4.